The molecule has 1 N–H and O–H groups in total. The van der Waals surface area contributed by atoms with E-state index >= 15 is 0 Å². The molecule has 1 atom stereocenters. The Hall–Kier alpha value is -2.13. The summed E-state index contributed by atoms with van der Waals surface area (Å²) in [6.07, 6.45) is 0. The van der Waals surface area contributed by atoms with Crippen LogP contribution in [0, 0.1) is 0 Å². The van der Waals surface area contributed by atoms with Crippen LogP contribution in [0.5, 0.6) is 0 Å². The topological polar surface area (TPSA) is 29.1 Å². The summed E-state index contributed by atoms with van der Waals surface area (Å²) in [6.45, 7) is 0. The molecule has 20 heavy (non-hydrogen) atoms. The normalized spacial score (nSPS) is 12.8. The van der Waals surface area contributed by atoms with Gasteiger partial charge in [0.15, 0.2) is 6.04 Å². The summed E-state index contributed by atoms with van der Waals surface area (Å²) in [5.41, 5.74) is 1.85. The average Bonchev–Trinajstić information content (AvgIpc) is 2.39. The van der Waals surface area contributed by atoms with E-state index in [1.165, 1.54) is 0 Å². The van der Waals surface area contributed by atoms with Crippen LogP contribution < -0.4 is 5.32 Å². The number of carbonyl (C=O) groups excluding carboxylic acids is 1. The molecule has 1 amide bonds. The van der Waals surface area contributed by atoms with E-state index in [9.17, 15) is 4.79 Å². The molecular weight excluding hydrogens is 248 g/mol. The summed E-state index contributed by atoms with van der Waals surface area (Å²) in [5, 5.41) is 2.99. The number of carbonyl (C=O) groups is 1. The number of para-hydroxylation sites is 1. The van der Waals surface area contributed by atoms with Crippen molar-refractivity contribution in [2.24, 2.45) is 0 Å². The van der Waals surface area contributed by atoms with Crippen molar-refractivity contribution in [3.8, 4) is 0 Å². The van der Waals surface area contributed by atoms with Gasteiger partial charge in [-0.25, -0.2) is 0 Å². The Morgan fingerprint density at radius 2 is 1.40 bits per heavy atom. The molecule has 3 heteroatoms. The molecule has 0 radical (unpaired) electrons. The van der Waals surface area contributed by atoms with Crippen molar-refractivity contribution >= 4 is 11.6 Å². The molecule has 0 bridgehead atoms. The third kappa shape index (κ3) is 3.45. The lowest BCUT2D eigenvalue weighted by molar-refractivity contribution is -0.892. The summed E-state index contributed by atoms with van der Waals surface area (Å²) in [6, 6.07) is 19.2. The molecule has 0 fully saturated rings. The maximum Gasteiger partial charge on any atom is 0.287 e. The molecule has 0 spiro atoms. The molecule has 0 aliphatic rings. The molecule has 3 nitrogen and oxygen atoms in total. The van der Waals surface area contributed by atoms with Crippen molar-refractivity contribution in [2.75, 3.05) is 26.5 Å². The molecular formula is C17H21N2O+. The van der Waals surface area contributed by atoms with Gasteiger partial charge in [0, 0.05) is 11.3 Å². The minimum Gasteiger partial charge on any atom is -0.321 e. The second-order valence-electron chi connectivity index (χ2n) is 5.78. The zero-order valence-electron chi connectivity index (χ0n) is 12.2. The van der Waals surface area contributed by atoms with Crippen LogP contribution >= 0.6 is 0 Å². The number of nitrogens with zero attached hydrogens (tertiary/aromatic N) is 1. The van der Waals surface area contributed by atoms with Crippen LogP contribution in [0.3, 0.4) is 0 Å². The number of hydrogen-bond donors (Lipinski definition) is 1. The van der Waals surface area contributed by atoms with E-state index in [0.29, 0.717) is 4.48 Å². The first kappa shape index (κ1) is 14.3. The van der Waals surface area contributed by atoms with Crippen LogP contribution in [0.25, 0.3) is 0 Å². The fourth-order valence-corrected chi connectivity index (χ4v) is 2.32. The van der Waals surface area contributed by atoms with E-state index in [0.717, 1.165) is 11.3 Å². The van der Waals surface area contributed by atoms with Gasteiger partial charge in [-0.3, -0.25) is 4.79 Å². The van der Waals surface area contributed by atoms with E-state index in [1.807, 2.05) is 81.8 Å². The number of benzene rings is 2. The van der Waals surface area contributed by atoms with Gasteiger partial charge in [0.1, 0.15) is 0 Å². The largest absolute Gasteiger partial charge is 0.321 e. The van der Waals surface area contributed by atoms with Crippen molar-refractivity contribution in [3.63, 3.8) is 0 Å². The van der Waals surface area contributed by atoms with E-state index in [2.05, 4.69) is 5.32 Å². The lowest BCUT2D eigenvalue weighted by Crippen LogP contribution is -2.45. The monoisotopic (exact) mass is 269 g/mol. The highest BCUT2D eigenvalue weighted by molar-refractivity contribution is 5.94. The quantitative estimate of drug-likeness (QED) is 0.849. The molecule has 2 rings (SSSR count). The second-order valence-corrected chi connectivity index (χ2v) is 5.78. The molecule has 0 aliphatic carbocycles. The molecule has 0 aliphatic heterocycles. The standard InChI is InChI=1S/C17H20N2O/c1-19(2,3)16(14-10-6-4-7-11-14)17(20)18-15-12-8-5-9-13-15/h4-13,16H,1-3H3/p+1/t16-/m1/s1. The van der Waals surface area contributed by atoms with Gasteiger partial charge in [0.05, 0.1) is 21.1 Å². The van der Waals surface area contributed by atoms with Crippen molar-refractivity contribution < 1.29 is 9.28 Å². The van der Waals surface area contributed by atoms with Crippen molar-refractivity contribution in [1.82, 2.24) is 0 Å². The smallest absolute Gasteiger partial charge is 0.287 e. The predicted octanol–water partition coefficient (Wildman–Crippen LogP) is 3.07. The van der Waals surface area contributed by atoms with Gasteiger partial charge in [-0.05, 0) is 12.1 Å². The van der Waals surface area contributed by atoms with E-state index < -0.39 is 0 Å². The predicted molar refractivity (Wildman–Crippen MR) is 82.3 cm³/mol. The fourth-order valence-electron chi connectivity index (χ4n) is 2.32. The second kappa shape index (κ2) is 5.88. The van der Waals surface area contributed by atoms with Crippen LogP contribution in [0.4, 0.5) is 5.69 Å². The number of nitrogens with one attached hydrogen (secondary N) is 1. The van der Waals surface area contributed by atoms with Crippen LogP contribution in [0.1, 0.15) is 11.6 Å². The van der Waals surface area contributed by atoms with E-state index in [1.54, 1.807) is 0 Å². The summed E-state index contributed by atoms with van der Waals surface area (Å²) in [7, 11) is 6.09. The van der Waals surface area contributed by atoms with Gasteiger partial charge in [0.2, 0.25) is 0 Å². The number of hydrogen-bond acceptors (Lipinski definition) is 1. The number of rotatable bonds is 4. The minimum absolute atomic E-state index is 0.00917. The van der Waals surface area contributed by atoms with Crippen LogP contribution in [0.15, 0.2) is 60.7 Å². The molecule has 0 heterocycles. The fraction of sp³-hybridized carbons (Fsp3) is 0.235. The van der Waals surface area contributed by atoms with Crippen molar-refractivity contribution in [1.29, 1.82) is 0 Å². The number of quaternary nitrogens is 1. The summed E-state index contributed by atoms with van der Waals surface area (Å²) in [5.74, 6) is 0.00917. The Labute approximate surface area is 120 Å². The Morgan fingerprint density at radius 1 is 0.900 bits per heavy atom. The Bertz CT molecular complexity index is 559. The molecule has 0 saturated carbocycles. The van der Waals surface area contributed by atoms with Gasteiger partial charge < -0.3 is 9.80 Å². The summed E-state index contributed by atoms with van der Waals surface area (Å²) >= 11 is 0. The van der Waals surface area contributed by atoms with Crippen molar-refractivity contribution in [2.45, 2.75) is 6.04 Å². The minimum atomic E-state index is -0.239. The zero-order chi connectivity index (χ0) is 14.6. The molecule has 2 aromatic rings. The van der Waals surface area contributed by atoms with Gasteiger partial charge in [-0.1, -0.05) is 48.5 Å². The lowest BCUT2D eigenvalue weighted by atomic mass is 10.0. The Balaban J connectivity index is 2.26. The molecule has 0 unspecified atom stereocenters. The average molecular weight is 269 g/mol. The highest BCUT2D eigenvalue weighted by Crippen LogP contribution is 2.24. The van der Waals surface area contributed by atoms with Crippen molar-refractivity contribution in [3.05, 3.63) is 66.2 Å². The number of likely N-dealkylation sites (N-methyl/N-ethyl adjacent to an activating group) is 1. The highest BCUT2D eigenvalue weighted by atomic mass is 16.2. The van der Waals surface area contributed by atoms with Crippen LogP contribution in [0.2, 0.25) is 0 Å². The van der Waals surface area contributed by atoms with Gasteiger partial charge in [0.25, 0.3) is 5.91 Å². The van der Waals surface area contributed by atoms with Crippen LogP contribution in [-0.4, -0.2) is 31.5 Å². The third-order valence-corrected chi connectivity index (χ3v) is 3.18. The maximum atomic E-state index is 12.6. The molecule has 0 aromatic heterocycles. The Kier molecular flexibility index (Phi) is 4.20. The first-order valence-corrected chi connectivity index (χ1v) is 6.70. The summed E-state index contributed by atoms with van der Waals surface area (Å²) in [4.78, 5) is 12.6. The SMILES string of the molecule is C[N+](C)(C)[C@@H](C(=O)Nc1ccccc1)c1ccccc1. The van der Waals surface area contributed by atoms with Gasteiger partial charge in [-0.2, -0.15) is 0 Å². The lowest BCUT2D eigenvalue weighted by Gasteiger charge is -2.33. The summed E-state index contributed by atoms with van der Waals surface area (Å²) < 4.78 is 0.544. The first-order valence-electron chi connectivity index (χ1n) is 6.70. The van der Waals surface area contributed by atoms with E-state index in [-0.39, 0.29) is 11.9 Å². The Morgan fingerprint density at radius 3 is 1.90 bits per heavy atom. The van der Waals surface area contributed by atoms with E-state index in [4.69, 9.17) is 0 Å². The highest BCUT2D eigenvalue weighted by Gasteiger charge is 2.33. The van der Waals surface area contributed by atoms with Gasteiger partial charge in [-0.15, -0.1) is 0 Å². The molecule has 2 aromatic carbocycles. The number of anilines is 1. The third-order valence-electron chi connectivity index (χ3n) is 3.18. The zero-order valence-corrected chi connectivity index (χ0v) is 12.2. The molecule has 104 valence electrons. The first-order chi connectivity index (χ1) is 9.48. The van der Waals surface area contributed by atoms with Gasteiger partial charge >= 0.3 is 0 Å². The van der Waals surface area contributed by atoms with Crippen LogP contribution in [-0.2, 0) is 4.79 Å². The maximum absolute atomic E-state index is 12.6. The molecule has 0 saturated heterocycles. The number of amides is 1.